The first-order valence-electron chi connectivity index (χ1n) is 15.0. The first-order valence-corrected chi connectivity index (χ1v) is 15.0. The lowest BCUT2D eigenvalue weighted by molar-refractivity contribution is -0.255. The van der Waals surface area contributed by atoms with Gasteiger partial charge in [-0.2, -0.15) is 0 Å². The van der Waals surface area contributed by atoms with Gasteiger partial charge < -0.3 is 33.2 Å². The summed E-state index contributed by atoms with van der Waals surface area (Å²) in [7, 11) is 0. The molecule has 0 N–H and O–H groups in total. The monoisotopic (exact) mass is 638 g/mol. The Morgan fingerprint density at radius 3 is 1.89 bits per heavy atom. The Kier molecular flexibility index (Phi) is 12.0. The van der Waals surface area contributed by atoms with Gasteiger partial charge in [0.2, 0.25) is 0 Å². The molecule has 0 bridgehead atoms. The maximum absolute atomic E-state index is 13.1. The molecule has 0 radical (unpaired) electrons. The third-order valence-electron chi connectivity index (χ3n) is 7.23. The summed E-state index contributed by atoms with van der Waals surface area (Å²) in [4.78, 5) is 62.3. The molecule has 2 aliphatic heterocycles. The number of hydrogen-bond acceptors (Lipinski definition) is 12. The minimum Gasteiger partial charge on any atom is -0.462 e. The summed E-state index contributed by atoms with van der Waals surface area (Å²) in [5, 5.41) is 0. The molecule has 2 aromatic carbocycles. The van der Waals surface area contributed by atoms with E-state index in [-0.39, 0.29) is 19.3 Å². The van der Waals surface area contributed by atoms with Crippen molar-refractivity contribution in [1.82, 2.24) is 0 Å². The van der Waals surface area contributed by atoms with E-state index in [1.54, 1.807) is 80.6 Å². The van der Waals surface area contributed by atoms with Crippen LogP contribution in [-0.4, -0.2) is 78.9 Å². The second kappa shape index (κ2) is 16.1. The van der Waals surface area contributed by atoms with Crippen molar-refractivity contribution in [3.8, 4) is 0 Å². The fourth-order valence-electron chi connectivity index (χ4n) is 5.21. The molecule has 1 saturated heterocycles. The van der Waals surface area contributed by atoms with E-state index < -0.39 is 78.9 Å². The van der Waals surface area contributed by atoms with E-state index in [1.807, 2.05) is 0 Å². The summed E-state index contributed by atoms with van der Waals surface area (Å²) in [5.74, 6) is -3.18. The zero-order chi connectivity index (χ0) is 33.2. The van der Waals surface area contributed by atoms with Gasteiger partial charge in [-0.05, 0) is 44.2 Å². The van der Waals surface area contributed by atoms with Crippen LogP contribution in [0.15, 0.2) is 72.8 Å². The Morgan fingerprint density at radius 2 is 1.30 bits per heavy atom. The van der Waals surface area contributed by atoms with E-state index in [0.717, 1.165) is 0 Å². The van der Waals surface area contributed by atoms with Crippen molar-refractivity contribution in [2.45, 2.75) is 96.0 Å². The second-order valence-corrected chi connectivity index (χ2v) is 11.1. The van der Waals surface area contributed by atoms with Crippen molar-refractivity contribution in [3.05, 3.63) is 83.9 Å². The summed E-state index contributed by atoms with van der Waals surface area (Å²) >= 11 is 0. The molecular formula is C34H38O12. The van der Waals surface area contributed by atoms with Gasteiger partial charge in [0, 0.05) is 26.7 Å². The van der Waals surface area contributed by atoms with Crippen LogP contribution >= 0.6 is 0 Å². The van der Waals surface area contributed by atoms with E-state index >= 15 is 0 Å². The predicted octanol–water partition coefficient (Wildman–Crippen LogP) is 4.10. The lowest BCUT2D eigenvalue weighted by atomic mass is 10.0. The first-order chi connectivity index (χ1) is 22.0. The second-order valence-electron chi connectivity index (χ2n) is 11.1. The highest BCUT2D eigenvalue weighted by atomic mass is 16.7. The van der Waals surface area contributed by atoms with Gasteiger partial charge in [0.15, 0.2) is 24.6 Å². The normalized spacial score (nSPS) is 28.9. The molecule has 246 valence electrons. The molecule has 46 heavy (non-hydrogen) atoms. The third-order valence-corrected chi connectivity index (χ3v) is 7.23. The smallest absolute Gasteiger partial charge is 0.338 e. The number of carbonyl (C=O) groups excluding carboxylic acids is 5. The molecule has 0 saturated carbocycles. The molecule has 2 aliphatic rings. The fourth-order valence-corrected chi connectivity index (χ4v) is 5.21. The van der Waals surface area contributed by atoms with Gasteiger partial charge in [0.1, 0.15) is 12.2 Å². The number of ether oxygens (including phenoxy) is 7. The number of hydrogen-bond donors (Lipinski definition) is 0. The molecular weight excluding hydrogens is 600 g/mol. The molecule has 4 rings (SSSR count). The van der Waals surface area contributed by atoms with E-state index in [4.69, 9.17) is 33.2 Å². The Hall–Kier alpha value is -4.55. The highest BCUT2D eigenvalue weighted by Gasteiger charge is 2.43. The van der Waals surface area contributed by atoms with Crippen LogP contribution in [0.25, 0.3) is 0 Å². The van der Waals surface area contributed by atoms with Crippen molar-refractivity contribution >= 4 is 29.8 Å². The van der Waals surface area contributed by atoms with Gasteiger partial charge in [0.25, 0.3) is 0 Å². The number of rotatable bonds is 8. The Labute approximate surface area is 266 Å². The standard InChI is InChI=1S/C34H38O12/c1-20-17-26(15-16-27(42-22(3)35)28(43-23(4)36)18-30(37)40-20)44-31-19-29(45-33(38)24-11-7-5-8-12-24)32(21(2)41-31)46-34(39)25-13-9-6-10-14-25/h5-16,20-21,26-29,31-32H,17-19H2,1-4H3/b16-15+/t20-,21+,26-,27+,28+,29+,31+,32+/m1/s1. The van der Waals surface area contributed by atoms with Gasteiger partial charge in [-0.25, -0.2) is 9.59 Å². The van der Waals surface area contributed by atoms with Crippen LogP contribution in [0.1, 0.15) is 67.7 Å². The molecule has 12 nitrogen and oxygen atoms in total. The van der Waals surface area contributed by atoms with Crippen molar-refractivity contribution < 1.29 is 57.1 Å². The van der Waals surface area contributed by atoms with Gasteiger partial charge in [-0.15, -0.1) is 0 Å². The molecule has 0 aromatic heterocycles. The van der Waals surface area contributed by atoms with Crippen molar-refractivity contribution in [2.75, 3.05) is 0 Å². The quantitative estimate of drug-likeness (QED) is 0.233. The molecule has 0 spiro atoms. The largest absolute Gasteiger partial charge is 0.462 e. The lowest BCUT2D eigenvalue weighted by Gasteiger charge is -2.40. The number of benzene rings is 2. The van der Waals surface area contributed by atoms with Crippen LogP contribution in [-0.2, 0) is 47.5 Å². The average molecular weight is 639 g/mol. The van der Waals surface area contributed by atoms with Crippen LogP contribution in [0.5, 0.6) is 0 Å². The highest BCUT2D eigenvalue weighted by Crippen LogP contribution is 2.30. The zero-order valence-electron chi connectivity index (χ0n) is 26.1. The Balaban J connectivity index is 1.56. The maximum Gasteiger partial charge on any atom is 0.338 e. The number of esters is 5. The number of cyclic esters (lactones) is 1. The van der Waals surface area contributed by atoms with E-state index in [0.29, 0.717) is 11.1 Å². The molecule has 0 unspecified atom stereocenters. The van der Waals surface area contributed by atoms with Gasteiger partial charge in [-0.1, -0.05) is 42.5 Å². The summed E-state index contributed by atoms with van der Waals surface area (Å²) in [5.41, 5.74) is 0.641. The van der Waals surface area contributed by atoms with E-state index in [1.165, 1.54) is 19.9 Å². The minimum atomic E-state index is -1.12. The van der Waals surface area contributed by atoms with Crippen LogP contribution in [0, 0.1) is 0 Å². The molecule has 12 heteroatoms. The molecule has 8 atom stereocenters. The van der Waals surface area contributed by atoms with Crippen LogP contribution < -0.4 is 0 Å². The topological polar surface area (TPSA) is 150 Å². The summed E-state index contributed by atoms with van der Waals surface area (Å²) < 4.78 is 40.2. The minimum absolute atomic E-state index is 0.00238. The zero-order valence-corrected chi connectivity index (χ0v) is 26.1. The van der Waals surface area contributed by atoms with Crippen molar-refractivity contribution in [1.29, 1.82) is 0 Å². The summed E-state index contributed by atoms with van der Waals surface area (Å²) in [6.45, 7) is 5.74. The molecule has 1 fully saturated rings. The molecule has 2 aromatic rings. The van der Waals surface area contributed by atoms with E-state index in [9.17, 15) is 24.0 Å². The third kappa shape index (κ3) is 9.98. The predicted molar refractivity (Wildman–Crippen MR) is 160 cm³/mol. The van der Waals surface area contributed by atoms with Crippen molar-refractivity contribution in [3.63, 3.8) is 0 Å². The fraction of sp³-hybridized carbons (Fsp3) is 0.441. The first kappa shape index (κ1) is 34.3. The molecule has 0 aliphatic carbocycles. The maximum atomic E-state index is 13.1. The average Bonchev–Trinajstić information content (AvgIpc) is 3.00. The summed E-state index contributed by atoms with van der Waals surface area (Å²) in [6.07, 6.45) is -4.22. The SMILES string of the molecule is CC(=O)O[C@H]1/C=C/[C@@H](O[C@H]2C[C@H](OC(=O)c3ccccc3)[C@@H](OC(=O)c3ccccc3)[C@H](C)O2)C[C@@H](C)OC(=O)C[C@@H]1OC(C)=O. The Bertz CT molecular complexity index is 1390. The van der Waals surface area contributed by atoms with Crippen LogP contribution in [0.2, 0.25) is 0 Å². The summed E-state index contributed by atoms with van der Waals surface area (Å²) in [6, 6.07) is 16.8. The van der Waals surface area contributed by atoms with Crippen molar-refractivity contribution in [2.24, 2.45) is 0 Å². The molecule has 0 amide bonds. The van der Waals surface area contributed by atoms with Gasteiger partial charge >= 0.3 is 29.8 Å². The number of carbonyl (C=O) groups is 5. The van der Waals surface area contributed by atoms with Crippen LogP contribution in [0.3, 0.4) is 0 Å². The Morgan fingerprint density at radius 1 is 0.717 bits per heavy atom. The lowest BCUT2D eigenvalue weighted by Crippen LogP contribution is -2.52. The van der Waals surface area contributed by atoms with Crippen LogP contribution in [0.4, 0.5) is 0 Å². The molecule has 2 heterocycles. The van der Waals surface area contributed by atoms with Gasteiger partial charge in [-0.3, -0.25) is 14.4 Å². The van der Waals surface area contributed by atoms with E-state index in [2.05, 4.69) is 0 Å². The van der Waals surface area contributed by atoms with Gasteiger partial charge in [0.05, 0.1) is 29.8 Å². The highest BCUT2D eigenvalue weighted by molar-refractivity contribution is 5.90.